The van der Waals surface area contributed by atoms with Crippen molar-refractivity contribution in [3.05, 3.63) is 213 Å². The number of carbonyl (C=O) groups excluding carboxylic acids is 4. The fraction of sp³-hybridized carbons (Fsp3) is 0.149. The molecule has 0 aliphatic heterocycles. The molecule has 12 rings (SSSR count). The van der Waals surface area contributed by atoms with Gasteiger partial charge in [-0.3, -0.25) is 14.4 Å². The standard InChI is InChI=1S/C21H15ClFN3O4S.C18H15ClFNO2S.C16H11ClFNO2S.C5H5BrN2O2.C3H4N2O.C2H2Br2O.2CH4.Li.2H2O/c1-11-20(31-14-4-2-3-12(7-14)21(28)29)15-5-6-16(22)18(23)19(15)26(11)9-17(27)25-13-8-24-30-10-13;1-3-23-18(22)11-5-4-6-12(9-11)24-17-10(2)21-16-13(17)7-8-14(19)15(16)20;1-8-15(11-5-6-12(17)13(18)14(11)19-8)22-10-4-2-3-9(7-10)16(20)21;6-1-5(9)8-4-2-7-10-3-4;4-3-1-5-6-2-3;3-1-2(4)5;;;;;/h2-8,10H,9H2,1H3,(H,25,27)(H,28,29);4-9,21H,3H2,1-2H3;2-7,19H,1H3,(H,20,21);2-3H,1H2,(H,8,9);1-2H,4H2;1H2;2*1H4;;2*1H2/q;;;;;;;;+1;;/p-1. The van der Waals surface area contributed by atoms with Gasteiger partial charge >= 0.3 is 36.8 Å². The molecule has 0 bridgehead atoms. The number of hydrogen-bond acceptors (Lipinski definition) is 18. The van der Waals surface area contributed by atoms with E-state index in [4.69, 9.17) is 54.9 Å². The van der Waals surface area contributed by atoms with Crippen LogP contribution in [0.1, 0.15) is 69.9 Å². The van der Waals surface area contributed by atoms with Crippen LogP contribution in [-0.4, -0.2) is 103 Å². The zero-order valence-electron chi connectivity index (χ0n) is 53.1. The van der Waals surface area contributed by atoms with Gasteiger partial charge in [0.2, 0.25) is 16.5 Å². The molecule has 0 atom stereocenters. The number of halogens is 9. The predicted molar refractivity (Wildman–Crippen MR) is 401 cm³/mol. The first-order valence-corrected chi connectivity index (χ1v) is 34.6. The number of ether oxygens (including phenoxy) is 1. The number of fused-ring (bicyclic) bond motifs is 3. The molecule has 36 heteroatoms. The van der Waals surface area contributed by atoms with Gasteiger partial charge in [-0.15, -0.1) is 0 Å². The zero-order valence-corrected chi connectivity index (χ0v) is 62.6. The second-order valence-electron chi connectivity index (χ2n) is 19.7. The van der Waals surface area contributed by atoms with E-state index in [-0.39, 0.29) is 105 Å². The summed E-state index contributed by atoms with van der Waals surface area (Å²) >= 11 is 30.4. The van der Waals surface area contributed by atoms with Crippen LogP contribution in [0.25, 0.3) is 32.7 Å². The van der Waals surface area contributed by atoms with E-state index in [0.29, 0.717) is 66.5 Å². The average Bonchev–Trinajstić information content (AvgIpc) is 1.62. The van der Waals surface area contributed by atoms with Crippen molar-refractivity contribution in [2.75, 3.05) is 33.6 Å². The summed E-state index contributed by atoms with van der Waals surface area (Å²) in [6.45, 7) is 7.43. The molecule has 0 aliphatic carbocycles. The molecule has 12 aromatic rings. The summed E-state index contributed by atoms with van der Waals surface area (Å²) in [5, 5.41) is 36.5. The molecular weight excluding hydrogens is 1660 g/mol. The molecule has 0 saturated heterocycles. The van der Waals surface area contributed by atoms with Gasteiger partial charge in [-0.1, -0.05) is 150 Å². The molecule has 0 saturated carbocycles. The van der Waals surface area contributed by atoms with Gasteiger partial charge in [0.15, 0.2) is 17.5 Å². The molecule has 103 heavy (non-hydrogen) atoms. The number of H-pyrrole nitrogens is 2. The van der Waals surface area contributed by atoms with Gasteiger partial charge in [0.05, 0.1) is 89.9 Å². The molecule has 542 valence electrons. The normalized spacial score (nSPS) is 10.0. The number of esters is 1. The Hall–Kier alpha value is -7.94. The first-order chi connectivity index (χ1) is 46.8. The van der Waals surface area contributed by atoms with Crippen LogP contribution in [0.5, 0.6) is 0 Å². The minimum Gasteiger partial charge on any atom is -0.870 e. The Bertz CT molecular complexity index is 4810. The maximum atomic E-state index is 15.0. The van der Waals surface area contributed by atoms with Crippen LogP contribution < -0.4 is 35.2 Å². The van der Waals surface area contributed by atoms with Crippen LogP contribution in [0.3, 0.4) is 0 Å². The third kappa shape index (κ3) is 25.4. The Labute approximate surface area is 651 Å². The number of carbonyl (C=O) groups is 6. The number of alkyl halides is 2. The Morgan fingerprint density at radius 2 is 1.00 bits per heavy atom. The van der Waals surface area contributed by atoms with Crippen LogP contribution in [0.4, 0.5) is 30.2 Å². The van der Waals surface area contributed by atoms with E-state index < -0.39 is 35.3 Å². The zero-order chi connectivity index (χ0) is 71.3. The first-order valence-electron chi connectivity index (χ1n) is 28.0. The number of anilines is 3. The number of nitrogens with zero attached hydrogens (tertiary/aromatic N) is 4. The molecule has 6 aromatic carbocycles. The maximum absolute atomic E-state index is 15.0. The average molecular weight is 1720 g/mol. The smallest absolute Gasteiger partial charge is 0.870 e. The van der Waals surface area contributed by atoms with Crippen LogP contribution >= 0.6 is 118 Å². The van der Waals surface area contributed by atoms with Gasteiger partial charge in [0, 0.05) is 62.6 Å². The topological polar surface area (TPSA) is 378 Å². The van der Waals surface area contributed by atoms with Crippen molar-refractivity contribution in [2.45, 2.75) is 78.5 Å². The number of carboxylic acids is 2. The predicted octanol–water partition coefficient (Wildman–Crippen LogP) is 15.8. The van der Waals surface area contributed by atoms with Gasteiger partial charge in [-0.05, 0) is 135 Å². The monoisotopic (exact) mass is 1720 g/mol. The number of aromatic carboxylic acids is 2. The van der Waals surface area contributed by atoms with Crippen molar-refractivity contribution >= 4 is 202 Å². The van der Waals surface area contributed by atoms with Gasteiger partial charge in [-0.25, -0.2) is 27.6 Å². The van der Waals surface area contributed by atoms with Crippen molar-refractivity contribution in [1.82, 2.24) is 30.0 Å². The van der Waals surface area contributed by atoms with E-state index in [1.165, 1.54) is 96.9 Å². The number of hydrogen-bond donors (Lipinski definition) is 7. The van der Waals surface area contributed by atoms with E-state index in [2.05, 4.69) is 92.9 Å². The Balaban J connectivity index is 0.000000453. The minimum atomic E-state index is -1.04. The minimum absolute atomic E-state index is 0. The molecule has 0 radical (unpaired) electrons. The maximum Gasteiger partial charge on any atom is 1.00 e. The van der Waals surface area contributed by atoms with Crippen LogP contribution in [0.2, 0.25) is 15.1 Å². The summed E-state index contributed by atoms with van der Waals surface area (Å²) in [6.07, 6.45) is 8.25. The SMILES string of the molecule is C.C.CCOC(=O)c1cccc(Sc2c(C)[nH]c3c(F)c(Cl)ccc23)c1.Cc1[nH]c2c(F)c(Cl)ccc2c1Sc1cccc(C(=O)O)c1.Cc1c(Sc2cccc(C(=O)O)c2)c2ccc(Cl)c(F)c2n1CC(=O)Nc1cnoc1.Nc1cnoc1.O.O=C(Br)CBr.O=C(CBr)Nc1cnoc1.[Li+].[OH-]. The fourth-order valence-corrected chi connectivity index (χ4v) is 12.4. The number of benzene rings is 6. The number of aryl methyl sites for hydroxylation is 2. The molecule has 0 fully saturated rings. The number of amides is 2. The molecule has 0 unspecified atom stereocenters. The number of carboxylic acid groups (broad SMARTS) is 2. The molecule has 0 spiro atoms. The number of nitrogens with one attached hydrogen (secondary N) is 4. The number of aromatic nitrogens is 6. The fourth-order valence-electron chi connectivity index (χ4n) is 8.60. The quantitative estimate of drug-likeness (QED) is 0.0204. The molecular formula is C67H63Br3Cl3F3LiN9O14S3. The summed E-state index contributed by atoms with van der Waals surface area (Å²) in [4.78, 5) is 77.9. The first kappa shape index (κ1) is 91.1. The molecule has 0 aliphatic rings. The van der Waals surface area contributed by atoms with Crippen molar-refractivity contribution in [3.63, 3.8) is 0 Å². The second-order valence-corrected chi connectivity index (χ2v) is 26.2. The molecule has 23 nitrogen and oxygen atoms in total. The van der Waals surface area contributed by atoms with E-state index in [1.54, 1.807) is 91.2 Å². The third-order valence-corrected chi connectivity index (χ3v) is 19.5. The summed E-state index contributed by atoms with van der Waals surface area (Å²) in [7, 11) is 0. The number of rotatable bonds is 16. The summed E-state index contributed by atoms with van der Waals surface area (Å²) < 4.78 is 63.3. The summed E-state index contributed by atoms with van der Waals surface area (Å²) in [6, 6.07) is 30.0. The Morgan fingerprint density at radius 3 is 1.38 bits per heavy atom. The number of nitrogens with two attached hydrogens (primary N) is 1. The van der Waals surface area contributed by atoms with Crippen molar-refractivity contribution in [2.24, 2.45) is 0 Å². The van der Waals surface area contributed by atoms with E-state index in [1.807, 2.05) is 26.0 Å². The van der Waals surface area contributed by atoms with Gasteiger partial charge < -0.3 is 70.4 Å². The Morgan fingerprint density at radius 1 is 0.602 bits per heavy atom. The summed E-state index contributed by atoms with van der Waals surface area (Å²) in [5.41, 5.74) is 10.8. The molecule has 2 amide bonds. The number of nitrogen functional groups attached to an aromatic ring is 1. The Kier molecular flexibility index (Phi) is 38.9. The van der Waals surface area contributed by atoms with Gasteiger partial charge in [-0.2, -0.15) is 0 Å². The molecule has 6 aromatic heterocycles. The molecule has 11 N–H and O–H groups in total. The summed E-state index contributed by atoms with van der Waals surface area (Å²) in [5.74, 6) is -4.45. The van der Waals surface area contributed by atoms with Crippen LogP contribution in [0.15, 0.2) is 190 Å². The number of aromatic amines is 2. The van der Waals surface area contributed by atoms with Crippen LogP contribution in [0, 0.1) is 38.2 Å². The van der Waals surface area contributed by atoms with Crippen molar-refractivity contribution < 1.29 is 100 Å². The second kappa shape index (κ2) is 44.0. The van der Waals surface area contributed by atoms with Crippen LogP contribution in [-0.2, 0) is 25.7 Å². The van der Waals surface area contributed by atoms with Crippen molar-refractivity contribution in [1.29, 1.82) is 0 Å². The van der Waals surface area contributed by atoms with Gasteiger partial charge in [0.25, 0.3) is 0 Å². The van der Waals surface area contributed by atoms with E-state index in [0.717, 1.165) is 41.7 Å². The van der Waals surface area contributed by atoms with Crippen molar-refractivity contribution in [3.8, 4) is 0 Å². The van der Waals surface area contributed by atoms with E-state index >= 15 is 0 Å². The molecule has 6 heterocycles. The third-order valence-electron chi connectivity index (χ3n) is 12.9. The largest absolute Gasteiger partial charge is 1.00 e. The van der Waals surface area contributed by atoms with Gasteiger partial charge in [0.1, 0.15) is 36.7 Å². The van der Waals surface area contributed by atoms with E-state index in [9.17, 15) is 47.0 Å².